The summed E-state index contributed by atoms with van der Waals surface area (Å²) in [6.45, 7) is 5.87. The lowest BCUT2D eigenvalue weighted by Crippen LogP contribution is -2.02. The van der Waals surface area contributed by atoms with Crippen molar-refractivity contribution < 1.29 is 9.53 Å². The van der Waals surface area contributed by atoms with Crippen LogP contribution in [0.2, 0.25) is 0 Å². The summed E-state index contributed by atoms with van der Waals surface area (Å²) in [6.07, 6.45) is 0. The monoisotopic (exact) mass is 244 g/mol. The fraction of sp³-hybridized carbons (Fsp3) is 0.286. The molecule has 0 bridgehead atoms. The van der Waals surface area contributed by atoms with Crippen molar-refractivity contribution in [1.29, 1.82) is 0 Å². The van der Waals surface area contributed by atoms with Crippen LogP contribution in [0.5, 0.6) is 0 Å². The van der Waals surface area contributed by atoms with Crippen molar-refractivity contribution >= 4 is 5.97 Å². The molecular formula is C14H16N2O2. The lowest BCUT2D eigenvalue weighted by Gasteiger charge is -2.07. The van der Waals surface area contributed by atoms with Gasteiger partial charge in [0, 0.05) is 5.56 Å². The topological polar surface area (TPSA) is 55.0 Å². The van der Waals surface area contributed by atoms with E-state index in [1.165, 1.54) is 7.11 Å². The van der Waals surface area contributed by atoms with E-state index in [4.69, 9.17) is 4.74 Å². The molecule has 4 nitrogen and oxygen atoms in total. The maximum Gasteiger partial charge on any atom is 0.337 e. The lowest BCUT2D eigenvalue weighted by atomic mass is 10.0. The number of rotatable bonds is 2. The molecule has 0 aliphatic rings. The average Bonchev–Trinajstić information content (AvgIpc) is 2.68. The minimum Gasteiger partial charge on any atom is -0.465 e. The first-order valence-corrected chi connectivity index (χ1v) is 5.75. The van der Waals surface area contributed by atoms with E-state index < -0.39 is 0 Å². The SMILES string of the molecule is COC(=O)c1ccc(C)c(-c2[nH]c(C)nc2C)c1. The molecule has 0 fully saturated rings. The first kappa shape index (κ1) is 12.4. The molecule has 0 saturated heterocycles. The molecule has 0 spiro atoms. The minimum atomic E-state index is -0.329. The number of benzene rings is 1. The van der Waals surface area contributed by atoms with E-state index in [-0.39, 0.29) is 5.97 Å². The van der Waals surface area contributed by atoms with Crippen molar-refractivity contribution in [3.8, 4) is 11.3 Å². The molecule has 0 radical (unpaired) electrons. The Kier molecular flexibility index (Phi) is 3.19. The summed E-state index contributed by atoms with van der Waals surface area (Å²) in [5.74, 6) is 0.538. The fourth-order valence-electron chi connectivity index (χ4n) is 2.01. The number of carbonyl (C=O) groups excluding carboxylic acids is 1. The summed E-state index contributed by atoms with van der Waals surface area (Å²) < 4.78 is 4.74. The molecular weight excluding hydrogens is 228 g/mol. The highest BCUT2D eigenvalue weighted by molar-refractivity contribution is 5.91. The molecule has 2 rings (SSSR count). The molecule has 1 heterocycles. The van der Waals surface area contributed by atoms with Crippen molar-refractivity contribution in [1.82, 2.24) is 9.97 Å². The van der Waals surface area contributed by atoms with Gasteiger partial charge in [-0.05, 0) is 38.5 Å². The molecule has 0 unspecified atom stereocenters. The molecule has 0 amide bonds. The molecule has 1 N–H and O–H groups in total. The molecule has 1 aromatic heterocycles. The summed E-state index contributed by atoms with van der Waals surface area (Å²) in [6, 6.07) is 5.52. The summed E-state index contributed by atoms with van der Waals surface area (Å²) in [7, 11) is 1.38. The number of nitrogens with one attached hydrogen (secondary N) is 1. The minimum absolute atomic E-state index is 0.329. The quantitative estimate of drug-likeness (QED) is 0.826. The Morgan fingerprint density at radius 3 is 2.56 bits per heavy atom. The zero-order chi connectivity index (χ0) is 13.3. The van der Waals surface area contributed by atoms with Crippen LogP contribution in [0.3, 0.4) is 0 Å². The van der Waals surface area contributed by atoms with Crippen LogP contribution in [-0.2, 0) is 4.74 Å². The van der Waals surface area contributed by atoms with E-state index in [0.717, 1.165) is 28.3 Å². The van der Waals surface area contributed by atoms with Crippen LogP contribution in [0.1, 0.15) is 27.4 Å². The van der Waals surface area contributed by atoms with Gasteiger partial charge in [0.1, 0.15) is 5.82 Å². The molecule has 4 heteroatoms. The first-order valence-electron chi connectivity index (χ1n) is 5.75. The van der Waals surface area contributed by atoms with Crippen LogP contribution >= 0.6 is 0 Å². The number of hydrogen-bond acceptors (Lipinski definition) is 3. The Hall–Kier alpha value is -2.10. The van der Waals surface area contributed by atoms with Crippen LogP contribution in [0, 0.1) is 20.8 Å². The van der Waals surface area contributed by atoms with Gasteiger partial charge in [-0.15, -0.1) is 0 Å². The lowest BCUT2D eigenvalue weighted by molar-refractivity contribution is 0.0601. The third-order valence-electron chi connectivity index (χ3n) is 2.93. The van der Waals surface area contributed by atoms with Crippen LogP contribution < -0.4 is 0 Å². The standard InChI is InChI=1S/C14H16N2O2/c1-8-5-6-11(14(17)18-4)7-12(8)13-9(2)15-10(3)16-13/h5-7H,1-4H3,(H,15,16). The molecule has 94 valence electrons. The largest absolute Gasteiger partial charge is 0.465 e. The third-order valence-corrected chi connectivity index (χ3v) is 2.93. The van der Waals surface area contributed by atoms with Crippen molar-refractivity contribution in [2.24, 2.45) is 0 Å². The van der Waals surface area contributed by atoms with Crippen LogP contribution in [0.15, 0.2) is 18.2 Å². The predicted octanol–water partition coefficient (Wildman–Crippen LogP) is 2.79. The van der Waals surface area contributed by atoms with E-state index in [2.05, 4.69) is 9.97 Å². The van der Waals surface area contributed by atoms with Gasteiger partial charge in [0.15, 0.2) is 0 Å². The normalized spacial score (nSPS) is 10.4. The van der Waals surface area contributed by atoms with Gasteiger partial charge < -0.3 is 9.72 Å². The number of aromatic nitrogens is 2. The zero-order valence-corrected chi connectivity index (χ0v) is 11.0. The summed E-state index contributed by atoms with van der Waals surface area (Å²) in [4.78, 5) is 19.1. The van der Waals surface area contributed by atoms with Crippen molar-refractivity contribution in [2.45, 2.75) is 20.8 Å². The second kappa shape index (κ2) is 4.64. The Morgan fingerprint density at radius 1 is 1.28 bits per heavy atom. The number of hydrogen-bond donors (Lipinski definition) is 1. The molecule has 0 atom stereocenters. The number of ether oxygens (including phenoxy) is 1. The highest BCUT2D eigenvalue weighted by Crippen LogP contribution is 2.26. The van der Waals surface area contributed by atoms with Gasteiger partial charge in [0.2, 0.25) is 0 Å². The van der Waals surface area contributed by atoms with Gasteiger partial charge in [-0.3, -0.25) is 0 Å². The van der Waals surface area contributed by atoms with E-state index >= 15 is 0 Å². The number of esters is 1. The van der Waals surface area contributed by atoms with Gasteiger partial charge in [-0.2, -0.15) is 0 Å². The number of imidazole rings is 1. The molecule has 2 aromatic rings. The first-order chi connectivity index (χ1) is 8.52. The average molecular weight is 244 g/mol. The second-order valence-corrected chi connectivity index (χ2v) is 4.30. The van der Waals surface area contributed by atoms with Crippen molar-refractivity contribution in [3.63, 3.8) is 0 Å². The zero-order valence-electron chi connectivity index (χ0n) is 11.0. The second-order valence-electron chi connectivity index (χ2n) is 4.30. The number of aromatic amines is 1. The summed E-state index contributed by atoms with van der Waals surface area (Å²) in [5, 5.41) is 0. The third kappa shape index (κ3) is 2.14. The Bertz CT molecular complexity index is 600. The smallest absolute Gasteiger partial charge is 0.337 e. The summed E-state index contributed by atoms with van der Waals surface area (Å²) in [5.41, 5.74) is 4.50. The Labute approximate surface area is 106 Å². The van der Waals surface area contributed by atoms with Crippen LogP contribution in [0.4, 0.5) is 0 Å². The van der Waals surface area contributed by atoms with Gasteiger partial charge in [0.05, 0.1) is 24.1 Å². The molecule has 0 saturated carbocycles. The number of H-pyrrole nitrogens is 1. The molecule has 0 aliphatic carbocycles. The predicted molar refractivity (Wildman–Crippen MR) is 69.6 cm³/mol. The number of nitrogens with zero attached hydrogens (tertiary/aromatic N) is 1. The van der Waals surface area contributed by atoms with Crippen molar-refractivity contribution in [2.75, 3.05) is 7.11 Å². The van der Waals surface area contributed by atoms with Gasteiger partial charge in [-0.25, -0.2) is 9.78 Å². The van der Waals surface area contributed by atoms with E-state index in [9.17, 15) is 4.79 Å². The van der Waals surface area contributed by atoms with Gasteiger partial charge >= 0.3 is 5.97 Å². The van der Waals surface area contributed by atoms with E-state index in [1.54, 1.807) is 6.07 Å². The molecule has 18 heavy (non-hydrogen) atoms. The Balaban J connectivity index is 2.56. The number of aryl methyl sites for hydroxylation is 3. The highest BCUT2D eigenvalue weighted by Gasteiger charge is 2.13. The number of carbonyl (C=O) groups is 1. The maximum atomic E-state index is 11.6. The fourth-order valence-corrected chi connectivity index (χ4v) is 2.01. The maximum absolute atomic E-state index is 11.6. The molecule has 1 aromatic carbocycles. The van der Waals surface area contributed by atoms with E-state index in [0.29, 0.717) is 5.56 Å². The summed E-state index contributed by atoms with van der Waals surface area (Å²) >= 11 is 0. The number of methoxy groups -OCH3 is 1. The Morgan fingerprint density at radius 2 is 2.00 bits per heavy atom. The van der Waals surface area contributed by atoms with Crippen molar-refractivity contribution in [3.05, 3.63) is 40.8 Å². The van der Waals surface area contributed by atoms with Crippen LogP contribution in [0.25, 0.3) is 11.3 Å². The van der Waals surface area contributed by atoms with Gasteiger partial charge in [0.25, 0.3) is 0 Å². The molecule has 0 aliphatic heterocycles. The van der Waals surface area contributed by atoms with Gasteiger partial charge in [-0.1, -0.05) is 6.07 Å². The van der Waals surface area contributed by atoms with E-state index in [1.807, 2.05) is 32.9 Å². The highest BCUT2D eigenvalue weighted by atomic mass is 16.5. The van der Waals surface area contributed by atoms with Crippen LogP contribution in [-0.4, -0.2) is 23.0 Å².